The summed E-state index contributed by atoms with van der Waals surface area (Å²) in [6.07, 6.45) is 0.156. The minimum Gasteiger partial charge on any atom is -0.497 e. The number of halogens is 1. The highest BCUT2D eigenvalue weighted by Gasteiger charge is 2.24. The van der Waals surface area contributed by atoms with Gasteiger partial charge in [-0.3, -0.25) is 4.79 Å². The van der Waals surface area contributed by atoms with E-state index in [1.807, 2.05) is 17.5 Å². The lowest BCUT2D eigenvalue weighted by atomic mass is 10.0. The molecule has 1 unspecified atom stereocenters. The van der Waals surface area contributed by atoms with Crippen molar-refractivity contribution < 1.29 is 14.6 Å². The van der Waals surface area contributed by atoms with Crippen LogP contribution >= 0.6 is 22.9 Å². The Bertz CT molecular complexity index is 641. The molecule has 0 aliphatic heterocycles. The summed E-state index contributed by atoms with van der Waals surface area (Å²) in [6, 6.07) is 8.91. The average Bonchev–Trinajstić information content (AvgIpc) is 3.02. The number of carbonyl (C=O) groups excluding carboxylic acids is 1. The standard InChI is InChI=1S/C16H18ClNO3S/c1-16(20,14-4-3-7-22-14)10-18-15(19)8-11-5-6-12(21-2)9-13(11)17/h3-7,9,20H,8,10H2,1-2H3,(H,18,19). The van der Waals surface area contributed by atoms with E-state index in [-0.39, 0.29) is 18.9 Å². The van der Waals surface area contributed by atoms with Crippen molar-refractivity contribution in [1.82, 2.24) is 5.32 Å². The van der Waals surface area contributed by atoms with Gasteiger partial charge in [0.1, 0.15) is 11.4 Å². The van der Waals surface area contributed by atoms with Gasteiger partial charge in [0.2, 0.25) is 5.91 Å². The largest absolute Gasteiger partial charge is 0.497 e. The van der Waals surface area contributed by atoms with Crippen molar-refractivity contribution in [2.24, 2.45) is 0 Å². The lowest BCUT2D eigenvalue weighted by Crippen LogP contribution is -2.38. The first-order chi connectivity index (χ1) is 10.4. The van der Waals surface area contributed by atoms with Gasteiger partial charge >= 0.3 is 0 Å². The maximum Gasteiger partial charge on any atom is 0.224 e. The molecule has 22 heavy (non-hydrogen) atoms. The van der Waals surface area contributed by atoms with Gasteiger partial charge in [0.25, 0.3) is 0 Å². The minimum absolute atomic E-state index is 0.153. The maximum atomic E-state index is 12.0. The summed E-state index contributed by atoms with van der Waals surface area (Å²) in [5, 5.41) is 15.5. The fourth-order valence-corrected chi connectivity index (χ4v) is 3.00. The Kier molecular flexibility index (Phi) is 5.45. The second kappa shape index (κ2) is 7.13. The topological polar surface area (TPSA) is 58.6 Å². The quantitative estimate of drug-likeness (QED) is 0.850. The summed E-state index contributed by atoms with van der Waals surface area (Å²) in [5.74, 6) is 0.457. The van der Waals surface area contributed by atoms with E-state index in [1.165, 1.54) is 11.3 Å². The fraction of sp³-hybridized carbons (Fsp3) is 0.312. The van der Waals surface area contributed by atoms with Crippen LogP contribution in [0, 0.1) is 0 Å². The molecule has 0 radical (unpaired) electrons. The molecule has 1 atom stereocenters. The number of methoxy groups -OCH3 is 1. The predicted molar refractivity (Wildman–Crippen MR) is 88.6 cm³/mol. The van der Waals surface area contributed by atoms with Crippen molar-refractivity contribution in [2.45, 2.75) is 18.9 Å². The van der Waals surface area contributed by atoms with E-state index < -0.39 is 5.60 Å². The molecule has 0 aliphatic rings. The molecule has 0 bridgehead atoms. The second-order valence-electron chi connectivity index (χ2n) is 5.16. The molecule has 1 amide bonds. The van der Waals surface area contributed by atoms with Gasteiger partial charge in [-0.15, -0.1) is 11.3 Å². The Labute approximate surface area is 138 Å². The van der Waals surface area contributed by atoms with Gasteiger partial charge in [-0.1, -0.05) is 23.7 Å². The molecule has 4 nitrogen and oxygen atoms in total. The molecule has 0 saturated heterocycles. The zero-order valence-electron chi connectivity index (χ0n) is 12.4. The Morgan fingerprint density at radius 3 is 2.82 bits per heavy atom. The molecule has 2 N–H and O–H groups in total. The lowest BCUT2D eigenvalue weighted by Gasteiger charge is -2.22. The highest BCUT2D eigenvalue weighted by atomic mass is 35.5. The number of thiophene rings is 1. The molecule has 1 aromatic carbocycles. The van der Waals surface area contributed by atoms with Crippen molar-refractivity contribution in [3.63, 3.8) is 0 Å². The van der Waals surface area contributed by atoms with Crippen molar-refractivity contribution in [1.29, 1.82) is 0 Å². The molecule has 1 aromatic heterocycles. The molecule has 0 fully saturated rings. The van der Waals surface area contributed by atoms with Crippen molar-refractivity contribution in [2.75, 3.05) is 13.7 Å². The third-order valence-corrected chi connectivity index (χ3v) is 4.77. The number of rotatable bonds is 6. The van der Waals surface area contributed by atoms with E-state index in [2.05, 4.69) is 5.32 Å². The van der Waals surface area contributed by atoms with E-state index in [0.29, 0.717) is 10.8 Å². The molecular weight excluding hydrogens is 322 g/mol. The van der Waals surface area contributed by atoms with Crippen LogP contribution in [0.1, 0.15) is 17.4 Å². The molecule has 2 rings (SSSR count). The van der Waals surface area contributed by atoms with Crippen LogP contribution in [0.5, 0.6) is 5.75 Å². The van der Waals surface area contributed by atoms with Gasteiger partial charge < -0.3 is 15.2 Å². The molecule has 0 aliphatic carbocycles. The Hall–Kier alpha value is -1.56. The smallest absolute Gasteiger partial charge is 0.224 e. The van der Waals surface area contributed by atoms with Crippen molar-refractivity contribution in [3.8, 4) is 5.75 Å². The SMILES string of the molecule is COc1ccc(CC(=O)NCC(C)(O)c2cccs2)c(Cl)c1. The van der Waals surface area contributed by atoms with E-state index in [9.17, 15) is 9.90 Å². The number of hydrogen-bond acceptors (Lipinski definition) is 4. The van der Waals surface area contributed by atoms with E-state index in [1.54, 1.807) is 32.2 Å². The second-order valence-corrected chi connectivity index (χ2v) is 6.52. The number of aliphatic hydroxyl groups is 1. The Morgan fingerprint density at radius 1 is 1.45 bits per heavy atom. The first kappa shape index (κ1) is 16.8. The average molecular weight is 340 g/mol. The fourth-order valence-electron chi connectivity index (χ4n) is 1.98. The minimum atomic E-state index is -1.08. The van der Waals surface area contributed by atoms with Gasteiger partial charge in [-0.05, 0) is 36.1 Å². The Balaban J connectivity index is 1.93. The number of hydrogen-bond donors (Lipinski definition) is 2. The van der Waals surface area contributed by atoms with Gasteiger partial charge in [0.05, 0.1) is 20.1 Å². The lowest BCUT2D eigenvalue weighted by molar-refractivity contribution is -0.121. The molecule has 0 spiro atoms. The number of amides is 1. The summed E-state index contributed by atoms with van der Waals surface area (Å²) >= 11 is 7.57. The number of ether oxygens (including phenoxy) is 1. The first-order valence-corrected chi connectivity index (χ1v) is 8.03. The Morgan fingerprint density at radius 2 is 2.23 bits per heavy atom. The molecule has 2 aromatic rings. The number of nitrogens with one attached hydrogen (secondary N) is 1. The molecular formula is C16H18ClNO3S. The molecule has 0 saturated carbocycles. The van der Waals surface area contributed by atoms with Crippen LogP contribution in [0.15, 0.2) is 35.7 Å². The van der Waals surface area contributed by atoms with Crippen LogP contribution in [-0.2, 0) is 16.8 Å². The summed E-state index contributed by atoms with van der Waals surface area (Å²) < 4.78 is 5.07. The third-order valence-electron chi connectivity index (χ3n) is 3.29. The van der Waals surface area contributed by atoms with E-state index in [4.69, 9.17) is 16.3 Å². The van der Waals surface area contributed by atoms with Gasteiger partial charge in [-0.25, -0.2) is 0 Å². The summed E-state index contributed by atoms with van der Waals surface area (Å²) in [4.78, 5) is 12.8. The number of benzene rings is 1. The molecule has 6 heteroatoms. The van der Waals surface area contributed by atoms with Crippen LogP contribution < -0.4 is 10.1 Å². The maximum absolute atomic E-state index is 12.0. The van der Waals surface area contributed by atoms with E-state index >= 15 is 0 Å². The molecule has 1 heterocycles. The van der Waals surface area contributed by atoms with Gasteiger partial charge in [-0.2, -0.15) is 0 Å². The van der Waals surface area contributed by atoms with E-state index in [0.717, 1.165) is 10.4 Å². The highest BCUT2D eigenvalue weighted by molar-refractivity contribution is 7.10. The summed E-state index contributed by atoms with van der Waals surface area (Å²) in [5.41, 5.74) is -0.358. The zero-order valence-corrected chi connectivity index (χ0v) is 14.0. The number of carbonyl (C=O) groups is 1. The molecule has 118 valence electrons. The summed E-state index contributed by atoms with van der Waals surface area (Å²) in [6.45, 7) is 1.83. The zero-order chi connectivity index (χ0) is 16.2. The monoisotopic (exact) mass is 339 g/mol. The highest BCUT2D eigenvalue weighted by Crippen LogP contribution is 2.25. The van der Waals surface area contributed by atoms with Crippen LogP contribution in [-0.4, -0.2) is 24.7 Å². The van der Waals surface area contributed by atoms with Crippen LogP contribution in [0.2, 0.25) is 5.02 Å². The van der Waals surface area contributed by atoms with Crippen molar-refractivity contribution in [3.05, 3.63) is 51.2 Å². The summed E-state index contributed by atoms with van der Waals surface area (Å²) in [7, 11) is 1.56. The van der Waals surface area contributed by atoms with Crippen molar-refractivity contribution >= 4 is 28.8 Å². The normalized spacial score (nSPS) is 13.5. The van der Waals surface area contributed by atoms with Crippen LogP contribution in [0.4, 0.5) is 0 Å². The van der Waals surface area contributed by atoms with Gasteiger partial charge in [0.15, 0.2) is 0 Å². The van der Waals surface area contributed by atoms with Gasteiger partial charge in [0, 0.05) is 9.90 Å². The predicted octanol–water partition coefficient (Wildman–Crippen LogP) is 2.98. The third kappa shape index (κ3) is 4.22. The van der Waals surface area contributed by atoms with Crippen LogP contribution in [0.25, 0.3) is 0 Å². The van der Waals surface area contributed by atoms with Crippen LogP contribution in [0.3, 0.4) is 0 Å². The first-order valence-electron chi connectivity index (χ1n) is 6.78.